The molecule has 1 aromatic carbocycles. The molecule has 0 bridgehead atoms. The highest BCUT2D eigenvalue weighted by molar-refractivity contribution is 5.69. The standard InChI is InChI=1S/C21H24N6O/c1-25-11-7-21(14-25)8-12-26(15-21)20-6-5-18(23-24-20)17-4-3-16(13-19(17)28)27-10-2-9-22-27/h2-6,9-10,13,28H,7-8,11-12,14-15H2,1H3. The zero-order valence-corrected chi connectivity index (χ0v) is 16.0. The van der Waals surface area contributed by atoms with Crippen molar-refractivity contribution in [1.29, 1.82) is 0 Å². The van der Waals surface area contributed by atoms with Crippen molar-refractivity contribution in [2.24, 2.45) is 5.41 Å². The molecular formula is C21H24N6O. The van der Waals surface area contributed by atoms with E-state index in [-0.39, 0.29) is 5.75 Å². The van der Waals surface area contributed by atoms with Crippen LogP contribution in [0.25, 0.3) is 16.9 Å². The van der Waals surface area contributed by atoms with E-state index in [1.807, 2.05) is 36.5 Å². The van der Waals surface area contributed by atoms with Crippen LogP contribution >= 0.6 is 0 Å². The molecular weight excluding hydrogens is 352 g/mol. The van der Waals surface area contributed by atoms with E-state index in [0.717, 1.165) is 24.6 Å². The summed E-state index contributed by atoms with van der Waals surface area (Å²) in [4.78, 5) is 4.77. The number of aromatic nitrogens is 4. The van der Waals surface area contributed by atoms with Gasteiger partial charge in [0.1, 0.15) is 5.75 Å². The molecule has 28 heavy (non-hydrogen) atoms. The fraction of sp³-hybridized carbons (Fsp3) is 0.381. The van der Waals surface area contributed by atoms with Gasteiger partial charge in [0.15, 0.2) is 5.82 Å². The Morgan fingerprint density at radius 1 is 1.04 bits per heavy atom. The highest BCUT2D eigenvalue weighted by Crippen LogP contribution is 2.40. The normalized spacial score (nSPS) is 22.4. The molecule has 1 unspecified atom stereocenters. The Labute approximate surface area is 164 Å². The van der Waals surface area contributed by atoms with Crippen molar-refractivity contribution in [3.05, 3.63) is 48.8 Å². The average molecular weight is 376 g/mol. The first kappa shape index (κ1) is 17.2. The molecule has 1 atom stereocenters. The minimum Gasteiger partial charge on any atom is -0.507 e. The van der Waals surface area contributed by atoms with Crippen LogP contribution in [-0.4, -0.2) is 63.2 Å². The predicted octanol–water partition coefficient (Wildman–Crippen LogP) is 2.57. The van der Waals surface area contributed by atoms with Gasteiger partial charge < -0.3 is 14.9 Å². The zero-order valence-electron chi connectivity index (χ0n) is 16.0. The van der Waals surface area contributed by atoms with E-state index in [2.05, 4.69) is 32.1 Å². The summed E-state index contributed by atoms with van der Waals surface area (Å²) in [6.07, 6.45) is 6.04. The monoisotopic (exact) mass is 376 g/mol. The van der Waals surface area contributed by atoms with Crippen LogP contribution in [0.4, 0.5) is 5.82 Å². The molecule has 0 aliphatic carbocycles. The molecule has 5 rings (SSSR count). The average Bonchev–Trinajstić information content (AvgIpc) is 3.45. The van der Waals surface area contributed by atoms with Gasteiger partial charge in [-0.25, -0.2) is 4.68 Å². The fourth-order valence-corrected chi connectivity index (χ4v) is 4.56. The lowest BCUT2D eigenvalue weighted by molar-refractivity contribution is 0.312. The van der Waals surface area contributed by atoms with Gasteiger partial charge in [-0.1, -0.05) is 0 Å². The van der Waals surface area contributed by atoms with Crippen molar-refractivity contribution in [2.45, 2.75) is 12.8 Å². The Hall–Kier alpha value is -2.93. The van der Waals surface area contributed by atoms with E-state index in [1.165, 1.54) is 25.9 Å². The number of hydrogen-bond acceptors (Lipinski definition) is 6. The summed E-state index contributed by atoms with van der Waals surface area (Å²) in [5.74, 6) is 1.09. The van der Waals surface area contributed by atoms with Crippen molar-refractivity contribution in [3.63, 3.8) is 0 Å². The van der Waals surface area contributed by atoms with Crippen LogP contribution in [0.2, 0.25) is 0 Å². The van der Waals surface area contributed by atoms with Crippen LogP contribution in [0, 0.1) is 5.41 Å². The third-order valence-electron chi connectivity index (χ3n) is 6.07. The van der Waals surface area contributed by atoms with Gasteiger partial charge in [-0.15, -0.1) is 10.2 Å². The molecule has 7 heteroatoms. The molecule has 144 valence electrons. The summed E-state index contributed by atoms with van der Waals surface area (Å²) in [6, 6.07) is 11.3. The fourth-order valence-electron chi connectivity index (χ4n) is 4.56. The van der Waals surface area contributed by atoms with Crippen molar-refractivity contribution < 1.29 is 5.11 Å². The maximum absolute atomic E-state index is 10.5. The van der Waals surface area contributed by atoms with E-state index in [1.54, 1.807) is 16.9 Å². The Balaban J connectivity index is 1.34. The molecule has 0 amide bonds. The maximum atomic E-state index is 10.5. The first-order valence-corrected chi connectivity index (χ1v) is 9.73. The van der Waals surface area contributed by atoms with E-state index < -0.39 is 0 Å². The first-order chi connectivity index (χ1) is 13.6. The molecule has 2 fully saturated rings. The molecule has 0 radical (unpaired) electrons. The summed E-state index contributed by atoms with van der Waals surface area (Å²) < 4.78 is 1.71. The maximum Gasteiger partial charge on any atom is 0.151 e. The van der Waals surface area contributed by atoms with Crippen molar-refractivity contribution in [2.75, 3.05) is 38.1 Å². The molecule has 3 aromatic rings. The first-order valence-electron chi connectivity index (χ1n) is 9.73. The molecule has 0 saturated carbocycles. The summed E-state index contributed by atoms with van der Waals surface area (Å²) in [6.45, 7) is 4.44. The third kappa shape index (κ3) is 3.01. The Kier molecular flexibility index (Phi) is 4.05. The van der Waals surface area contributed by atoms with E-state index in [0.29, 0.717) is 16.7 Å². The third-order valence-corrected chi connectivity index (χ3v) is 6.07. The molecule has 2 aliphatic heterocycles. The number of phenols is 1. The molecule has 7 nitrogen and oxygen atoms in total. The molecule has 2 saturated heterocycles. The highest BCUT2D eigenvalue weighted by Gasteiger charge is 2.42. The number of anilines is 1. The second-order valence-corrected chi connectivity index (χ2v) is 8.09. The van der Waals surface area contributed by atoms with E-state index in [9.17, 15) is 5.11 Å². The Morgan fingerprint density at radius 3 is 2.61 bits per heavy atom. The van der Waals surface area contributed by atoms with Gasteiger partial charge >= 0.3 is 0 Å². The number of hydrogen-bond donors (Lipinski definition) is 1. The van der Waals surface area contributed by atoms with Gasteiger partial charge in [0.2, 0.25) is 0 Å². The summed E-state index contributed by atoms with van der Waals surface area (Å²) >= 11 is 0. The molecule has 1 spiro atoms. The largest absolute Gasteiger partial charge is 0.507 e. The van der Waals surface area contributed by atoms with Crippen molar-refractivity contribution in [1.82, 2.24) is 24.9 Å². The summed E-state index contributed by atoms with van der Waals surface area (Å²) in [5.41, 5.74) is 2.56. The summed E-state index contributed by atoms with van der Waals surface area (Å²) in [7, 11) is 2.20. The quantitative estimate of drug-likeness (QED) is 0.758. The number of rotatable bonds is 3. The Morgan fingerprint density at radius 2 is 1.93 bits per heavy atom. The summed E-state index contributed by atoms with van der Waals surface area (Å²) in [5, 5.41) is 23.5. The van der Waals surface area contributed by atoms with Gasteiger partial charge in [-0.05, 0) is 56.8 Å². The minimum absolute atomic E-state index is 0.171. The number of nitrogens with zero attached hydrogens (tertiary/aromatic N) is 6. The zero-order chi connectivity index (χ0) is 19.1. The lowest BCUT2D eigenvalue weighted by atomic mass is 9.86. The van der Waals surface area contributed by atoms with E-state index in [4.69, 9.17) is 0 Å². The highest BCUT2D eigenvalue weighted by atomic mass is 16.3. The van der Waals surface area contributed by atoms with Gasteiger partial charge in [0.25, 0.3) is 0 Å². The number of benzene rings is 1. The predicted molar refractivity (Wildman–Crippen MR) is 108 cm³/mol. The number of aromatic hydroxyl groups is 1. The van der Waals surface area contributed by atoms with E-state index >= 15 is 0 Å². The second kappa shape index (κ2) is 6.60. The molecule has 1 N–H and O–H groups in total. The van der Waals surface area contributed by atoms with Crippen molar-refractivity contribution >= 4 is 5.82 Å². The van der Waals surface area contributed by atoms with Crippen LogP contribution in [0.1, 0.15) is 12.8 Å². The van der Waals surface area contributed by atoms with Gasteiger partial charge in [0, 0.05) is 49.1 Å². The Bertz CT molecular complexity index is 971. The smallest absolute Gasteiger partial charge is 0.151 e. The van der Waals surface area contributed by atoms with Crippen LogP contribution < -0.4 is 4.90 Å². The van der Waals surface area contributed by atoms with Gasteiger partial charge in [-0.2, -0.15) is 5.10 Å². The van der Waals surface area contributed by atoms with Crippen LogP contribution in [0.5, 0.6) is 5.75 Å². The SMILES string of the molecule is CN1CCC2(CCN(c3ccc(-c4ccc(-n5cccn5)cc4O)nn3)C2)C1. The molecule has 2 aromatic heterocycles. The second-order valence-electron chi connectivity index (χ2n) is 8.09. The topological polar surface area (TPSA) is 70.3 Å². The van der Waals surface area contributed by atoms with Crippen LogP contribution in [0.3, 0.4) is 0 Å². The van der Waals surface area contributed by atoms with Crippen LogP contribution in [-0.2, 0) is 0 Å². The molecule has 2 aliphatic rings. The lowest BCUT2D eigenvalue weighted by Crippen LogP contribution is -2.30. The van der Waals surface area contributed by atoms with Crippen LogP contribution in [0.15, 0.2) is 48.8 Å². The number of likely N-dealkylation sites (tertiary alicyclic amines) is 1. The minimum atomic E-state index is 0.171. The number of phenolic OH excluding ortho intramolecular Hbond substituents is 1. The van der Waals surface area contributed by atoms with Crippen molar-refractivity contribution in [3.8, 4) is 22.7 Å². The lowest BCUT2D eigenvalue weighted by Gasteiger charge is -2.24. The van der Waals surface area contributed by atoms with Gasteiger partial charge in [-0.3, -0.25) is 0 Å². The molecule has 4 heterocycles. The van der Waals surface area contributed by atoms with Gasteiger partial charge in [0.05, 0.1) is 11.4 Å².